The van der Waals surface area contributed by atoms with E-state index in [1.807, 2.05) is 12.1 Å². The third-order valence-corrected chi connectivity index (χ3v) is 2.90. The van der Waals surface area contributed by atoms with E-state index in [4.69, 9.17) is 4.74 Å². The fourth-order valence-corrected chi connectivity index (χ4v) is 1.94. The van der Waals surface area contributed by atoms with Gasteiger partial charge in [0, 0.05) is 3.57 Å². The van der Waals surface area contributed by atoms with Gasteiger partial charge in [0.05, 0.1) is 6.61 Å². The molecule has 3 nitrogen and oxygen atoms in total. The molecule has 0 amide bonds. The Morgan fingerprint density at radius 1 is 1.53 bits per heavy atom. The van der Waals surface area contributed by atoms with Crippen LogP contribution in [0, 0.1) is 3.57 Å². The van der Waals surface area contributed by atoms with Crippen molar-refractivity contribution in [3.63, 3.8) is 0 Å². The summed E-state index contributed by atoms with van der Waals surface area (Å²) in [6, 6.07) is 7.27. The predicted octanol–water partition coefficient (Wildman–Crippen LogP) is 2.14. The maximum atomic E-state index is 11.5. The number of carbonyl (C=O) groups is 2. The molecule has 0 aliphatic heterocycles. The Balaban J connectivity index is 2.97. The Morgan fingerprint density at radius 2 is 2.20 bits per heavy atom. The van der Waals surface area contributed by atoms with Gasteiger partial charge < -0.3 is 9.53 Å². The van der Waals surface area contributed by atoms with Crippen molar-refractivity contribution in [3.8, 4) is 0 Å². The minimum absolute atomic E-state index is 0.284. The van der Waals surface area contributed by atoms with E-state index in [2.05, 4.69) is 22.6 Å². The van der Waals surface area contributed by atoms with Crippen molar-refractivity contribution < 1.29 is 14.3 Å². The van der Waals surface area contributed by atoms with Gasteiger partial charge in [-0.25, -0.2) is 0 Å². The third kappa shape index (κ3) is 3.02. The molecule has 0 heterocycles. The summed E-state index contributed by atoms with van der Waals surface area (Å²) in [5, 5.41) is 0. The molecule has 0 spiro atoms. The first-order chi connectivity index (χ1) is 7.20. The van der Waals surface area contributed by atoms with Crippen molar-refractivity contribution in [3.05, 3.63) is 33.4 Å². The van der Waals surface area contributed by atoms with Crippen LogP contribution in [0.4, 0.5) is 0 Å². The average Bonchev–Trinajstić information content (AvgIpc) is 2.22. The van der Waals surface area contributed by atoms with Crippen LogP contribution < -0.4 is 0 Å². The zero-order valence-corrected chi connectivity index (χ0v) is 10.4. The van der Waals surface area contributed by atoms with Crippen molar-refractivity contribution in [1.29, 1.82) is 0 Å². The highest BCUT2D eigenvalue weighted by Crippen LogP contribution is 2.21. The summed E-state index contributed by atoms with van der Waals surface area (Å²) in [6.07, 6.45) is 0.621. The lowest BCUT2D eigenvalue weighted by Gasteiger charge is -2.10. The fraction of sp³-hybridized carbons (Fsp3) is 0.273. The second-order valence-electron chi connectivity index (χ2n) is 2.89. The number of ether oxygens (including phenoxy) is 1. The molecule has 0 N–H and O–H groups in total. The normalized spacial score (nSPS) is 11.9. The van der Waals surface area contributed by atoms with Crippen LogP contribution in [0.3, 0.4) is 0 Å². The van der Waals surface area contributed by atoms with Crippen molar-refractivity contribution in [1.82, 2.24) is 0 Å². The molecule has 1 aromatic rings. The number of benzene rings is 1. The fourth-order valence-electron chi connectivity index (χ4n) is 1.22. The summed E-state index contributed by atoms with van der Waals surface area (Å²) in [6.45, 7) is 2.00. The van der Waals surface area contributed by atoms with Crippen LogP contribution in [-0.4, -0.2) is 18.9 Å². The lowest BCUT2D eigenvalue weighted by molar-refractivity contribution is -0.146. The summed E-state index contributed by atoms with van der Waals surface area (Å²) < 4.78 is 5.72. The van der Waals surface area contributed by atoms with Gasteiger partial charge in [-0.1, -0.05) is 18.2 Å². The summed E-state index contributed by atoms with van der Waals surface area (Å²) >= 11 is 2.09. The molecule has 0 saturated heterocycles. The van der Waals surface area contributed by atoms with E-state index in [1.54, 1.807) is 19.1 Å². The topological polar surface area (TPSA) is 43.4 Å². The van der Waals surface area contributed by atoms with E-state index in [1.165, 1.54) is 0 Å². The zero-order chi connectivity index (χ0) is 11.3. The molecule has 1 unspecified atom stereocenters. The van der Waals surface area contributed by atoms with Gasteiger partial charge >= 0.3 is 5.97 Å². The van der Waals surface area contributed by atoms with E-state index in [-0.39, 0.29) is 6.61 Å². The smallest absolute Gasteiger partial charge is 0.320 e. The first-order valence-corrected chi connectivity index (χ1v) is 5.65. The van der Waals surface area contributed by atoms with E-state index in [9.17, 15) is 9.59 Å². The Bertz CT molecular complexity index is 363. The van der Waals surface area contributed by atoms with Gasteiger partial charge in [-0.05, 0) is 41.1 Å². The maximum absolute atomic E-state index is 11.5. The standard InChI is InChI=1S/C11H11IO3/c1-2-15-11(14)9(7-13)8-5-3-4-6-10(8)12/h3-7,9H,2H2,1H3. The second-order valence-corrected chi connectivity index (χ2v) is 4.05. The summed E-state index contributed by atoms with van der Waals surface area (Å²) in [5.74, 6) is -1.30. The lowest BCUT2D eigenvalue weighted by atomic mass is 10.0. The Labute approximate surface area is 102 Å². The number of hydrogen-bond donors (Lipinski definition) is 0. The van der Waals surface area contributed by atoms with Gasteiger partial charge in [0.15, 0.2) is 0 Å². The Hall–Kier alpha value is -0.910. The molecule has 1 aromatic carbocycles. The van der Waals surface area contributed by atoms with Crippen molar-refractivity contribution >= 4 is 34.8 Å². The quantitative estimate of drug-likeness (QED) is 0.370. The van der Waals surface area contributed by atoms with E-state index in [0.29, 0.717) is 11.8 Å². The second kappa shape index (κ2) is 5.85. The molecule has 0 aromatic heterocycles. The minimum atomic E-state index is -0.807. The number of carbonyl (C=O) groups excluding carboxylic acids is 2. The third-order valence-electron chi connectivity index (χ3n) is 1.92. The van der Waals surface area contributed by atoms with Crippen LogP contribution >= 0.6 is 22.6 Å². The van der Waals surface area contributed by atoms with Crippen LogP contribution in [0.5, 0.6) is 0 Å². The molecule has 1 atom stereocenters. The van der Waals surface area contributed by atoms with Crippen LogP contribution in [0.25, 0.3) is 0 Å². The Morgan fingerprint density at radius 3 is 2.73 bits per heavy atom. The number of rotatable bonds is 4. The predicted molar refractivity (Wildman–Crippen MR) is 64.6 cm³/mol. The van der Waals surface area contributed by atoms with Crippen LogP contribution in [-0.2, 0) is 14.3 Å². The van der Waals surface area contributed by atoms with Crippen LogP contribution in [0.1, 0.15) is 18.4 Å². The zero-order valence-electron chi connectivity index (χ0n) is 8.27. The van der Waals surface area contributed by atoms with E-state index >= 15 is 0 Å². The molecule has 0 aliphatic carbocycles. The largest absolute Gasteiger partial charge is 0.465 e. The Kier molecular flexibility index (Phi) is 4.74. The summed E-state index contributed by atoms with van der Waals surface area (Å²) in [7, 11) is 0. The summed E-state index contributed by atoms with van der Waals surface area (Å²) in [5.41, 5.74) is 0.701. The molecule has 0 aliphatic rings. The monoisotopic (exact) mass is 318 g/mol. The number of halogens is 1. The molecule has 80 valence electrons. The first-order valence-electron chi connectivity index (χ1n) is 4.57. The highest BCUT2D eigenvalue weighted by molar-refractivity contribution is 14.1. The lowest BCUT2D eigenvalue weighted by Crippen LogP contribution is -2.18. The number of aldehydes is 1. The van der Waals surface area contributed by atoms with Gasteiger partial charge in [0.25, 0.3) is 0 Å². The molecule has 0 saturated carbocycles. The first kappa shape index (κ1) is 12.2. The molecular formula is C11H11IO3. The van der Waals surface area contributed by atoms with E-state index < -0.39 is 11.9 Å². The molecule has 0 bridgehead atoms. The van der Waals surface area contributed by atoms with Gasteiger partial charge in [-0.2, -0.15) is 0 Å². The van der Waals surface area contributed by atoms with Gasteiger partial charge in [-0.3, -0.25) is 4.79 Å². The molecule has 1 rings (SSSR count). The van der Waals surface area contributed by atoms with Crippen LogP contribution in [0.15, 0.2) is 24.3 Å². The van der Waals surface area contributed by atoms with Crippen molar-refractivity contribution in [2.24, 2.45) is 0 Å². The number of esters is 1. The molecule has 4 heteroatoms. The van der Waals surface area contributed by atoms with Crippen molar-refractivity contribution in [2.45, 2.75) is 12.8 Å². The van der Waals surface area contributed by atoms with Crippen LogP contribution in [0.2, 0.25) is 0 Å². The maximum Gasteiger partial charge on any atom is 0.320 e. The van der Waals surface area contributed by atoms with Gasteiger partial charge in [0.2, 0.25) is 0 Å². The van der Waals surface area contributed by atoms with Gasteiger partial charge in [-0.15, -0.1) is 0 Å². The molecule has 0 fully saturated rings. The van der Waals surface area contributed by atoms with E-state index in [0.717, 1.165) is 3.57 Å². The molecule has 15 heavy (non-hydrogen) atoms. The highest BCUT2D eigenvalue weighted by atomic mass is 127. The van der Waals surface area contributed by atoms with Crippen molar-refractivity contribution in [2.75, 3.05) is 6.61 Å². The highest BCUT2D eigenvalue weighted by Gasteiger charge is 2.22. The molecular weight excluding hydrogens is 307 g/mol. The minimum Gasteiger partial charge on any atom is -0.465 e. The SMILES string of the molecule is CCOC(=O)C(C=O)c1ccccc1I. The van der Waals surface area contributed by atoms with Gasteiger partial charge in [0.1, 0.15) is 12.2 Å². The average molecular weight is 318 g/mol. The summed E-state index contributed by atoms with van der Waals surface area (Å²) in [4.78, 5) is 22.3. The molecule has 0 radical (unpaired) electrons. The number of hydrogen-bond acceptors (Lipinski definition) is 3.